The Hall–Kier alpha value is -6.06. The standard InChI is InChI=1S/C21H21N3O5.C21H23N3O3/c1-27-20-13-28-14-21(20)29-19-5-3-2-4-17(19)18-10-11-23(22-18)12-15-6-8-16(9-7-15)24(25)26;1-25-20-13-26-14-21(20)27-19-5-3-2-4-17(19)18-10-11-24(23-18)12-15-6-8-16(22)9-7-15/h2-11,20-21H,12-14H2,1H3;2-11,20-21H,12-14,22H2,1H3/t2*20?,21-/m11/s1. The number of rotatable bonds is 13. The van der Waals surface area contributed by atoms with Gasteiger partial charge in [-0.3, -0.25) is 19.5 Å². The van der Waals surface area contributed by atoms with Crippen molar-refractivity contribution in [1.82, 2.24) is 19.6 Å². The van der Waals surface area contributed by atoms with E-state index in [1.807, 2.05) is 102 Å². The van der Waals surface area contributed by atoms with Crippen molar-refractivity contribution in [2.75, 3.05) is 46.4 Å². The molecular weight excluding hydrogens is 716 g/mol. The van der Waals surface area contributed by atoms with Gasteiger partial charge in [-0.1, -0.05) is 48.5 Å². The summed E-state index contributed by atoms with van der Waals surface area (Å²) in [4.78, 5) is 10.4. The number of hydrogen-bond acceptors (Lipinski definition) is 11. The van der Waals surface area contributed by atoms with E-state index in [2.05, 4.69) is 5.10 Å². The van der Waals surface area contributed by atoms with E-state index in [0.29, 0.717) is 39.5 Å². The molecule has 56 heavy (non-hydrogen) atoms. The number of nitrogen functional groups attached to an aromatic ring is 1. The number of hydrogen-bond donors (Lipinski definition) is 1. The highest BCUT2D eigenvalue weighted by molar-refractivity contribution is 5.67. The van der Waals surface area contributed by atoms with E-state index in [4.69, 9.17) is 39.3 Å². The van der Waals surface area contributed by atoms with Crippen molar-refractivity contribution in [3.8, 4) is 34.0 Å². The van der Waals surface area contributed by atoms with E-state index in [0.717, 1.165) is 50.8 Å². The van der Waals surface area contributed by atoms with Gasteiger partial charge in [-0.15, -0.1) is 0 Å². The molecule has 0 saturated carbocycles. The molecule has 2 unspecified atom stereocenters. The lowest BCUT2D eigenvalue weighted by molar-refractivity contribution is -0.384. The van der Waals surface area contributed by atoms with E-state index < -0.39 is 4.92 Å². The first kappa shape index (κ1) is 38.2. The van der Waals surface area contributed by atoms with E-state index in [-0.39, 0.29) is 30.1 Å². The van der Waals surface area contributed by atoms with Crippen LogP contribution in [-0.2, 0) is 32.0 Å². The number of aromatic nitrogens is 4. The van der Waals surface area contributed by atoms with Crippen molar-refractivity contribution in [2.45, 2.75) is 37.5 Å². The zero-order valence-corrected chi connectivity index (χ0v) is 31.2. The smallest absolute Gasteiger partial charge is 0.269 e. The zero-order valence-electron chi connectivity index (χ0n) is 31.2. The van der Waals surface area contributed by atoms with Crippen LogP contribution in [0.4, 0.5) is 11.4 Å². The van der Waals surface area contributed by atoms with Crippen LogP contribution in [0.25, 0.3) is 22.5 Å². The molecule has 0 amide bonds. The molecule has 6 aromatic rings. The van der Waals surface area contributed by atoms with Crippen LogP contribution in [0.2, 0.25) is 0 Å². The monoisotopic (exact) mass is 760 g/mol. The molecule has 4 heterocycles. The van der Waals surface area contributed by atoms with Gasteiger partial charge in [-0.2, -0.15) is 10.2 Å². The average Bonchev–Trinajstić information content (AvgIpc) is 4.06. The highest BCUT2D eigenvalue weighted by atomic mass is 16.6. The molecule has 290 valence electrons. The first-order valence-corrected chi connectivity index (χ1v) is 18.2. The number of anilines is 1. The predicted octanol–water partition coefficient (Wildman–Crippen LogP) is 6.27. The van der Waals surface area contributed by atoms with Gasteiger partial charge in [-0.05, 0) is 59.7 Å². The molecule has 2 aliphatic heterocycles. The van der Waals surface area contributed by atoms with Crippen molar-refractivity contribution in [2.24, 2.45) is 0 Å². The van der Waals surface area contributed by atoms with Crippen molar-refractivity contribution in [1.29, 1.82) is 0 Å². The summed E-state index contributed by atoms with van der Waals surface area (Å²) < 4.78 is 37.9. The Morgan fingerprint density at radius 1 is 0.643 bits per heavy atom. The lowest BCUT2D eigenvalue weighted by Crippen LogP contribution is -2.31. The van der Waals surface area contributed by atoms with E-state index in [1.54, 1.807) is 31.0 Å². The van der Waals surface area contributed by atoms with Crippen molar-refractivity contribution >= 4 is 11.4 Å². The fourth-order valence-corrected chi connectivity index (χ4v) is 6.48. The molecule has 14 nitrogen and oxygen atoms in total. The van der Waals surface area contributed by atoms with Crippen LogP contribution in [-0.4, -0.2) is 89.5 Å². The number of benzene rings is 4. The second-order valence-corrected chi connectivity index (χ2v) is 13.4. The minimum atomic E-state index is -0.406. The number of non-ortho nitro benzene ring substituents is 1. The maximum absolute atomic E-state index is 10.8. The number of para-hydroxylation sites is 2. The third kappa shape index (κ3) is 9.41. The summed E-state index contributed by atoms with van der Waals surface area (Å²) in [5.41, 5.74) is 12.2. The Morgan fingerprint density at radius 2 is 1.07 bits per heavy atom. The maximum Gasteiger partial charge on any atom is 0.269 e. The Bertz CT molecular complexity index is 2190. The molecule has 2 fully saturated rings. The van der Waals surface area contributed by atoms with Crippen molar-refractivity contribution < 1.29 is 33.3 Å². The second-order valence-electron chi connectivity index (χ2n) is 13.4. The normalized spacial score (nSPS) is 19.0. The van der Waals surface area contributed by atoms with Gasteiger partial charge in [0.05, 0.1) is 55.8 Å². The first-order valence-electron chi connectivity index (χ1n) is 18.2. The fourth-order valence-electron chi connectivity index (χ4n) is 6.48. The molecule has 14 heteroatoms. The molecule has 2 saturated heterocycles. The molecule has 4 atom stereocenters. The lowest BCUT2D eigenvalue weighted by Gasteiger charge is -2.19. The van der Waals surface area contributed by atoms with Gasteiger partial charge in [0.2, 0.25) is 0 Å². The van der Waals surface area contributed by atoms with Gasteiger partial charge in [0.15, 0.2) is 12.2 Å². The Labute approximate surface area is 324 Å². The van der Waals surface area contributed by atoms with Gasteiger partial charge in [-0.25, -0.2) is 0 Å². The molecule has 8 rings (SSSR count). The van der Waals surface area contributed by atoms with Gasteiger partial charge in [0, 0.05) is 55.6 Å². The van der Waals surface area contributed by atoms with Crippen LogP contribution in [0.5, 0.6) is 11.5 Å². The van der Waals surface area contributed by atoms with Gasteiger partial charge < -0.3 is 34.2 Å². The summed E-state index contributed by atoms with van der Waals surface area (Å²) >= 11 is 0. The molecule has 0 radical (unpaired) electrons. The molecule has 2 aliphatic rings. The molecule has 0 aliphatic carbocycles. The fraction of sp³-hybridized carbons (Fsp3) is 0.286. The highest BCUT2D eigenvalue weighted by Crippen LogP contribution is 2.32. The van der Waals surface area contributed by atoms with Crippen LogP contribution >= 0.6 is 0 Å². The molecule has 2 N–H and O–H groups in total. The van der Waals surface area contributed by atoms with Crippen LogP contribution in [0, 0.1) is 10.1 Å². The lowest BCUT2D eigenvalue weighted by atomic mass is 10.1. The minimum absolute atomic E-state index is 0.0545. The minimum Gasteiger partial charge on any atom is -0.484 e. The second kappa shape index (κ2) is 18.0. The number of methoxy groups -OCH3 is 2. The van der Waals surface area contributed by atoms with Crippen LogP contribution in [0.1, 0.15) is 11.1 Å². The molecule has 0 spiro atoms. The maximum atomic E-state index is 10.8. The largest absolute Gasteiger partial charge is 0.484 e. The summed E-state index contributed by atoms with van der Waals surface area (Å²) in [5.74, 6) is 1.51. The third-order valence-electron chi connectivity index (χ3n) is 9.54. The highest BCUT2D eigenvalue weighted by Gasteiger charge is 2.32. The number of nitro groups is 1. The molecule has 2 aromatic heterocycles. The molecular formula is C42H44N6O8. The topological polar surface area (TPSA) is 160 Å². The SMILES string of the molecule is COC1COC[C@H]1Oc1ccccc1-c1ccn(Cc2ccc(N)cc2)n1.COC1COC[C@H]1Oc1ccccc1-c1ccn(Cc2ccc([N+](=O)[O-])cc2)n1. The number of nitrogens with two attached hydrogens (primary N) is 1. The van der Waals surface area contributed by atoms with Crippen LogP contribution < -0.4 is 15.2 Å². The summed E-state index contributed by atoms with van der Waals surface area (Å²) in [6, 6.07) is 33.9. The first-order chi connectivity index (χ1) is 27.4. The van der Waals surface area contributed by atoms with Gasteiger partial charge >= 0.3 is 0 Å². The Morgan fingerprint density at radius 3 is 1.52 bits per heavy atom. The number of nitro benzene ring substituents is 1. The average molecular weight is 761 g/mol. The van der Waals surface area contributed by atoms with Crippen molar-refractivity contribution in [3.63, 3.8) is 0 Å². The van der Waals surface area contributed by atoms with Crippen molar-refractivity contribution in [3.05, 3.63) is 143 Å². The number of nitrogens with zero attached hydrogens (tertiary/aromatic N) is 5. The van der Waals surface area contributed by atoms with Crippen LogP contribution in [0.3, 0.4) is 0 Å². The summed E-state index contributed by atoms with van der Waals surface area (Å²) in [6.07, 6.45) is 3.42. The Kier molecular flexibility index (Phi) is 12.3. The zero-order chi connectivity index (χ0) is 38.9. The molecule has 0 bridgehead atoms. The van der Waals surface area contributed by atoms with Crippen LogP contribution in [0.15, 0.2) is 122 Å². The third-order valence-corrected chi connectivity index (χ3v) is 9.54. The van der Waals surface area contributed by atoms with Gasteiger partial charge in [0.25, 0.3) is 5.69 Å². The van der Waals surface area contributed by atoms with E-state index >= 15 is 0 Å². The van der Waals surface area contributed by atoms with E-state index in [9.17, 15) is 10.1 Å². The summed E-state index contributed by atoms with van der Waals surface area (Å²) in [7, 11) is 3.34. The Balaban J connectivity index is 0.000000172. The van der Waals surface area contributed by atoms with Gasteiger partial charge in [0.1, 0.15) is 23.7 Å². The quantitative estimate of drug-likeness (QED) is 0.0803. The van der Waals surface area contributed by atoms with E-state index in [1.165, 1.54) is 12.1 Å². The summed E-state index contributed by atoms with van der Waals surface area (Å²) in [5, 5.41) is 20.2. The molecule has 4 aromatic carbocycles. The predicted molar refractivity (Wildman–Crippen MR) is 210 cm³/mol. The summed E-state index contributed by atoms with van der Waals surface area (Å²) in [6.45, 7) is 3.29. The number of ether oxygens (including phenoxy) is 6.